The molecule has 0 aliphatic carbocycles. The fraction of sp³-hybridized carbons (Fsp3) is 0.214. The van der Waals surface area contributed by atoms with Crippen LogP contribution < -0.4 is 5.32 Å². The highest BCUT2D eigenvalue weighted by Crippen LogP contribution is 2.37. The number of hydrogen-bond donors (Lipinski definition) is 1. The first kappa shape index (κ1) is 14.8. The maximum Gasteiger partial charge on any atom is 0.416 e. The molecule has 1 atom stereocenters. The van der Waals surface area contributed by atoms with E-state index in [9.17, 15) is 13.2 Å². The Labute approximate surface area is 119 Å². The Morgan fingerprint density at radius 2 is 1.85 bits per heavy atom. The fourth-order valence-corrected chi connectivity index (χ4v) is 2.29. The van der Waals surface area contributed by atoms with E-state index < -0.39 is 17.8 Å². The molecule has 0 amide bonds. The van der Waals surface area contributed by atoms with Gasteiger partial charge in [-0.15, -0.1) is 0 Å². The summed E-state index contributed by atoms with van der Waals surface area (Å²) in [6.45, 7) is 0. The van der Waals surface area contributed by atoms with E-state index in [0.717, 1.165) is 6.07 Å². The van der Waals surface area contributed by atoms with Crippen LogP contribution in [0.5, 0.6) is 0 Å². The molecule has 0 saturated heterocycles. The first-order chi connectivity index (χ1) is 9.45. The predicted octanol–water partition coefficient (Wildman–Crippen LogP) is 4.06. The molecular formula is C14H12ClF3N2. The number of alkyl halides is 3. The van der Waals surface area contributed by atoms with Gasteiger partial charge in [0.25, 0.3) is 0 Å². The van der Waals surface area contributed by atoms with Gasteiger partial charge in [0.15, 0.2) is 0 Å². The average molecular weight is 301 g/mol. The van der Waals surface area contributed by atoms with E-state index >= 15 is 0 Å². The molecule has 2 nitrogen and oxygen atoms in total. The number of halogens is 4. The van der Waals surface area contributed by atoms with E-state index in [1.807, 2.05) is 0 Å². The van der Waals surface area contributed by atoms with Gasteiger partial charge in [0.2, 0.25) is 0 Å². The zero-order valence-corrected chi connectivity index (χ0v) is 11.3. The van der Waals surface area contributed by atoms with E-state index in [1.54, 1.807) is 25.2 Å². The maximum absolute atomic E-state index is 13.1. The molecule has 0 spiro atoms. The maximum atomic E-state index is 13.1. The molecule has 1 N–H and O–H groups in total. The van der Waals surface area contributed by atoms with Gasteiger partial charge in [0.05, 0.1) is 22.3 Å². The largest absolute Gasteiger partial charge is 0.416 e. The second-order valence-electron chi connectivity index (χ2n) is 4.18. The Kier molecular flexibility index (Phi) is 4.30. The summed E-state index contributed by atoms with van der Waals surface area (Å²) in [6.07, 6.45) is -2.92. The summed E-state index contributed by atoms with van der Waals surface area (Å²) in [5.74, 6) is 0. The summed E-state index contributed by atoms with van der Waals surface area (Å²) >= 11 is 6.03. The SMILES string of the molecule is CNC(c1ccccc1C(F)(F)F)c1ncccc1Cl. The standard InChI is InChI=1S/C14H12ClF3N2/c1-19-12(13-11(15)7-4-8-20-13)9-5-2-3-6-10(9)14(16,17)18/h2-8,12,19H,1H3. The molecule has 0 radical (unpaired) electrons. The van der Waals surface area contributed by atoms with Gasteiger partial charge in [0.1, 0.15) is 0 Å². The molecule has 0 aliphatic heterocycles. The van der Waals surface area contributed by atoms with Crippen LogP contribution in [0, 0.1) is 0 Å². The van der Waals surface area contributed by atoms with Gasteiger partial charge < -0.3 is 5.32 Å². The summed E-state index contributed by atoms with van der Waals surface area (Å²) in [6, 6.07) is 7.91. The van der Waals surface area contributed by atoms with Crippen LogP contribution in [-0.4, -0.2) is 12.0 Å². The first-order valence-electron chi connectivity index (χ1n) is 5.89. The first-order valence-corrected chi connectivity index (χ1v) is 6.26. The third-order valence-electron chi connectivity index (χ3n) is 2.93. The quantitative estimate of drug-likeness (QED) is 0.924. The Morgan fingerprint density at radius 1 is 1.15 bits per heavy atom. The van der Waals surface area contributed by atoms with Gasteiger partial charge in [-0.2, -0.15) is 13.2 Å². The van der Waals surface area contributed by atoms with Crippen molar-refractivity contribution in [3.05, 3.63) is 64.4 Å². The third kappa shape index (κ3) is 2.94. The molecule has 1 heterocycles. The van der Waals surface area contributed by atoms with E-state index in [2.05, 4.69) is 10.3 Å². The van der Waals surface area contributed by atoms with Crippen LogP contribution in [0.2, 0.25) is 5.02 Å². The Morgan fingerprint density at radius 3 is 2.45 bits per heavy atom. The van der Waals surface area contributed by atoms with E-state index in [4.69, 9.17) is 11.6 Å². The lowest BCUT2D eigenvalue weighted by Gasteiger charge is -2.21. The van der Waals surface area contributed by atoms with Gasteiger partial charge in [-0.1, -0.05) is 29.8 Å². The van der Waals surface area contributed by atoms with Crippen LogP contribution in [0.4, 0.5) is 13.2 Å². The van der Waals surface area contributed by atoms with Crippen LogP contribution >= 0.6 is 11.6 Å². The van der Waals surface area contributed by atoms with Crippen molar-refractivity contribution in [3.8, 4) is 0 Å². The van der Waals surface area contributed by atoms with Crippen molar-refractivity contribution in [1.29, 1.82) is 0 Å². The lowest BCUT2D eigenvalue weighted by atomic mass is 9.97. The van der Waals surface area contributed by atoms with E-state index in [0.29, 0.717) is 10.7 Å². The summed E-state index contributed by atoms with van der Waals surface area (Å²) in [5, 5.41) is 3.16. The van der Waals surface area contributed by atoms with Crippen molar-refractivity contribution in [2.75, 3.05) is 7.05 Å². The van der Waals surface area contributed by atoms with Crippen molar-refractivity contribution >= 4 is 11.6 Å². The smallest absolute Gasteiger partial charge is 0.308 e. The van der Waals surface area contributed by atoms with Crippen LogP contribution in [0.15, 0.2) is 42.6 Å². The third-order valence-corrected chi connectivity index (χ3v) is 3.25. The number of nitrogens with one attached hydrogen (secondary N) is 1. The highest BCUT2D eigenvalue weighted by Gasteiger charge is 2.35. The van der Waals surface area contributed by atoms with Crippen molar-refractivity contribution in [1.82, 2.24) is 10.3 Å². The van der Waals surface area contributed by atoms with Gasteiger partial charge in [0, 0.05) is 6.20 Å². The van der Waals surface area contributed by atoms with Crippen molar-refractivity contribution < 1.29 is 13.2 Å². The van der Waals surface area contributed by atoms with Crippen LogP contribution in [0.1, 0.15) is 22.9 Å². The average Bonchev–Trinajstić information content (AvgIpc) is 2.41. The number of nitrogens with zero attached hydrogens (tertiary/aromatic N) is 1. The molecule has 0 saturated carbocycles. The van der Waals surface area contributed by atoms with Crippen molar-refractivity contribution in [3.63, 3.8) is 0 Å². The second kappa shape index (κ2) is 5.81. The van der Waals surface area contributed by atoms with Crippen molar-refractivity contribution in [2.24, 2.45) is 0 Å². The molecule has 6 heteroatoms. The molecule has 2 rings (SSSR count). The topological polar surface area (TPSA) is 24.9 Å². The van der Waals surface area contributed by atoms with Crippen LogP contribution in [-0.2, 0) is 6.18 Å². The van der Waals surface area contributed by atoms with E-state index in [-0.39, 0.29) is 5.56 Å². The minimum absolute atomic E-state index is 0.100. The zero-order valence-electron chi connectivity index (χ0n) is 10.6. The highest BCUT2D eigenvalue weighted by molar-refractivity contribution is 6.31. The summed E-state index contributed by atoms with van der Waals surface area (Å²) < 4.78 is 39.2. The molecule has 0 bridgehead atoms. The van der Waals surface area contributed by atoms with Gasteiger partial charge >= 0.3 is 6.18 Å². The number of benzene rings is 1. The normalized spacial score (nSPS) is 13.2. The lowest BCUT2D eigenvalue weighted by molar-refractivity contribution is -0.138. The monoisotopic (exact) mass is 300 g/mol. The molecule has 1 unspecified atom stereocenters. The molecule has 1 aromatic carbocycles. The lowest BCUT2D eigenvalue weighted by Crippen LogP contribution is -2.23. The highest BCUT2D eigenvalue weighted by atomic mass is 35.5. The molecule has 2 aromatic rings. The fourth-order valence-electron chi connectivity index (χ4n) is 2.06. The Balaban J connectivity index is 2.57. The number of pyridine rings is 1. The molecule has 0 aliphatic rings. The van der Waals surface area contributed by atoms with Crippen LogP contribution in [0.25, 0.3) is 0 Å². The number of hydrogen-bond acceptors (Lipinski definition) is 2. The second-order valence-corrected chi connectivity index (χ2v) is 4.58. The number of aromatic nitrogens is 1. The van der Waals surface area contributed by atoms with Crippen molar-refractivity contribution in [2.45, 2.75) is 12.2 Å². The summed E-state index contributed by atoms with van der Waals surface area (Å²) in [5.41, 5.74) is -0.225. The Hall–Kier alpha value is -1.59. The zero-order chi connectivity index (χ0) is 14.8. The summed E-state index contributed by atoms with van der Waals surface area (Å²) in [4.78, 5) is 4.09. The Bertz CT molecular complexity index is 599. The van der Waals surface area contributed by atoms with E-state index in [1.165, 1.54) is 18.3 Å². The molecular weight excluding hydrogens is 289 g/mol. The van der Waals surface area contributed by atoms with Crippen LogP contribution in [0.3, 0.4) is 0 Å². The van der Waals surface area contributed by atoms with Gasteiger partial charge in [-0.3, -0.25) is 4.98 Å². The number of rotatable bonds is 3. The molecule has 106 valence electrons. The molecule has 0 fully saturated rings. The predicted molar refractivity (Wildman–Crippen MR) is 71.6 cm³/mol. The van der Waals surface area contributed by atoms with Gasteiger partial charge in [-0.25, -0.2) is 0 Å². The molecule has 20 heavy (non-hydrogen) atoms. The summed E-state index contributed by atoms with van der Waals surface area (Å²) in [7, 11) is 1.57. The minimum Gasteiger partial charge on any atom is -0.308 e. The van der Waals surface area contributed by atoms with Gasteiger partial charge in [-0.05, 0) is 30.8 Å². The minimum atomic E-state index is -4.42. The molecule has 1 aromatic heterocycles.